The summed E-state index contributed by atoms with van der Waals surface area (Å²) in [6, 6.07) is 22.4. The van der Waals surface area contributed by atoms with Crippen molar-refractivity contribution in [2.24, 2.45) is 0 Å². The number of ether oxygens (including phenoxy) is 2. The quantitative estimate of drug-likeness (QED) is 0.0869. The molecule has 19 heteroatoms. The second kappa shape index (κ2) is 14.3. The van der Waals surface area contributed by atoms with Crippen LogP contribution in [0.2, 0.25) is 0 Å². The third-order valence-electron chi connectivity index (χ3n) is 7.68. The van der Waals surface area contributed by atoms with Gasteiger partial charge < -0.3 is 9.47 Å². The molecule has 2 aromatic heterocycles. The lowest BCUT2D eigenvalue weighted by atomic mass is 10.1. The number of benzene rings is 3. The maximum atomic E-state index is 15.3. The Hall–Kier alpha value is -4.04. The van der Waals surface area contributed by atoms with Crippen molar-refractivity contribution >= 4 is 48.9 Å². The van der Waals surface area contributed by atoms with E-state index in [2.05, 4.69) is 0 Å². The van der Waals surface area contributed by atoms with E-state index in [1.807, 2.05) is 0 Å². The highest BCUT2D eigenvalue weighted by atomic mass is 32.3. The number of Topliss-reactive ketones (excluding diaryl/α,β-unsaturated/α-hetero) is 1. The van der Waals surface area contributed by atoms with E-state index in [-0.39, 0.29) is 31.3 Å². The molecule has 0 bridgehead atoms. The van der Waals surface area contributed by atoms with Crippen LogP contribution >= 0.6 is 33.0 Å². The molecule has 0 unspecified atom stereocenters. The van der Waals surface area contributed by atoms with E-state index in [1.54, 1.807) is 36.4 Å². The Labute approximate surface area is 306 Å². The molecular formula is C34H25F9O6S4. The maximum Gasteiger partial charge on any atom is 0.460 e. The van der Waals surface area contributed by atoms with Gasteiger partial charge in [0.2, 0.25) is 0 Å². The summed E-state index contributed by atoms with van der Waals surface area (Å²) >= 11 is 2.02. The smallest absolute Gasteiger partial charge is 0.460 e. The lowest BCUT2D eigenvalue weighted by molar-refractivity contribution is -0.382. The van der Waals surface area contributed by atoms with Gasteiger partial charge in [0, 0.05) is 19.5 Å². The lowest BCUT2D eigenvalue weighted by Crippen LogP contribution is -2.63. The fourth-order valence-corrected chi connectivity index (χ4v) is 12.8. The normalized spacial score (nSPS) is 13.5. The zero-order valence-corrected chi connectivity index (χ0v) is 30.5. The van der Waals surface area contributed by atoms with Crippen molar-refractivity contribution in [2.45, 2.75) is 44.2 Å². The summed E-state index contributed by atoms with van der Waals surface area (Å²) < 4.78 is 169. The Bertz CT molecular complexity index is 2150. The number of rotatable bonds is 13. The molecule has 0 fully saturated rings. The molecule has 284 valence electrons. The van der Waals surface area contributed by atoms with Gasteiger partial charge in [-0.05, 0) is 101 Å². The first kappa shape index (κ1) is 40.2. The molecule has 0 aliphatic heterocycles. The van der Waals surface area contributed by atoms with E-state index in [0.29, 0.717) is 15.3 Å². The van der Waals surface area contributed by atoms with Crippen LogP contribution in [0.1, 0.15) is 16.6 Å². The van der Waals surface area contributed by atoms with E-state index < -0.39 is 43.7 Å². The molecule has 2 heterocycles. The number of alkyl halides is 9. The largest absolute Gasteiger partial charge is 0.497 e. The molecule has 0 aliphatic rings. The van der Waals surface area contributed by atoms with Crippen LogP contribution in [0.4, 0.5) is 39.5 Å². The zero-order valence-electron chi connectivity index (χ0n) is 27.2. The summed E-state index contributed by atoms with van der Waals surface area (Å²) in [7, 11) is -9.13. The molecule has 53 heavy (non-hydrogen) atoms. The van der Waals surface area contributed by atoms with Crippen LogP contribution in [-0.4, -0.2) is 51.7 Å². The van der Waals surface area contributed by atoms with Crippen molar-refractivity contribution in [2.75, 3.05) is 14.2 Å². The first-order chi connectivity index (χ1) is 24.6. The van der Waals surface area contributed by atoms with Crippen LogP contribution in [0.5, 0.6) is 11.5 Å². The number of carbonyl (C=O) groups excluding carboxylic acids is 1. The van der Waals surface area contributed by atoms with Crippen LogP contribution in [0.25, 0.3) is 20.9 Å². The number of hydrogen-bond acceptors (Lipinski definition) is 8. The average molecular weight is 829 g/mol. The minimum Gasteiger partial charge on any atom is -0.497 e. The highest BCUT2D eigenvalue weighted by molar-refractivity contribution is 8.34. The monoisotopic (exact) mass is 828 g/mol. The maximum absolute atomic E-state index is 15.3. The molecule has 0 atom stereocenters. The molecule has 3 aromatic carbocycles. The molecular weight excluding hydrogens is 804 g/mol. The van der Waals surface area contributed by atoms with Crippen molar-refractivity contribution in [1.82, 2.24) is 0 Å². The van der Waals surface area contributed by atoms with Gasteiger partial charge in [-0.15, -0.1) is 22.7 Å². The summed E-state index contributed by atoms with van der Waals surface area (Å²) in [6.45, 7) is 1.42. The van der Waals surface area contributed by atoms with Gasteiger partial charge in [0.15, 0.2) is 5.78 Å². The zero-order chi connectivity index (χ0) is 39.2. The predicted octanol–water partition coefficient (Wildman–Crippen LogP) is 11.3. The molecule has 0 saturated heterocycles. The minimum absolute atomic E-state index is 0.122. The Morgan fingerprint density at radius 1 is 0.585 bits per heavy atom. The first-order valence-corrected chi connectivity index (χ1v) is 19.3. The minimum atomic E-state index is -7.53. The summed E-state index contributed by atoms with van der Waals surface area (Å²) in [5.41, 5.74) is 1.23. The standard InChI is InChI=1S/C34H25F9O6S4/c1-20(44)27-16-17-28(50-27)21-4-6-22(7-5-21)29-18-19-30(51-29)52(25-12-8-23(47-2)9-13-25,26-14-10-24(48-3)11-15-26)49-53(45,46)34(42,43)32(37,38)31(35,36)33(39,40)41/h4-19H,1-3H3. The van der Waals surface area contributed by atoms with Gasteiger partial charge in [-0.3, -0.25) is 4.79 Å². The van der Waals surface area contributed by atoms with Crippen molar-refractivity contribution in [3.63, 3.8) is 0 Å². The molecule has 0 amide bonds. The first-order valence-electron chi connectivity index (χ1n) is 14.7. The molecule has 0 radical (unpaired) electrons. The van der Waals surface area contributed by atoms with Gasteiger partial charge in [0.1, 0.15) is 11.5 Å². The van der Waals surface area contributed by atoms with E-state index in [0.717, 1.165) is 46.0 Å². The highest BCUT2D eigenvalue weighted by Gasteiger charge is 2.86. The van der Waals surface area contributed by atoms with E-state index in [9.17, 15) is 43.9 Å². The molecule has 0 N–H and O–H groups in total. The second-order valence-electron chi connectivity index (χ2n) is 11.0. The summed E-state index contributed by atoms with van der Waals surface area (Å²) in [4.78, 5) is 12.9. The van der Waals surface area contributed by atoms with Crippen molar-refractivity contribution in [3.8, 4) is 32.4 Å². The average Bonchev–Trinajstić information content (AvgIpc) is 3.82. The van der Waals surface area contributed by atoms with Crippen molar-refractivity contribution < 1.29 is 65.8 Å². The Morgan fingerprint density at radius 3 is 1.42 bits per heavy atom. The third kappa shape index (κ3) is 7.04. The Balaban J connectivity index is 1.72. The lowest BCUT2D eigenvalue weighted by Gasteiger charge is -2.40. The van der Waals surface area contributed by atoms with Crippen LogP contribution in [-0.2, 0) is 13.7 Å². The van der Waals surface area contributed by atoms with E-state index >= 15 is 8.78 Å². The van der Waals surface area contributed by atoms with Crippen molar-refractivity contribution in [1.29, 1.82) is 0 Å². The molecule has 0 saturated carbocycles. The molecule has 6 nitrogen and oxygen atoms in total. The summed E-state index contributed by atoms with van der Waals surface area (Å²) in [5.74, 6) is -14.8. The number of carbonyl (C=O) groups is 1. The fraction of sp³-hybridized carbons (Fsp3) is 0.206. The van der Waals surface area contributed by atoms with Gasteiger partial charge in [-0.25, -0.2) is 3.63 Å². The number of ketones is 1. The van der Waals surface area contributed by atoms with Crippen LogP contribution in [0.3, 0.4) is 0 Å². The predicted molar refractivity (Wildman–Crippen MR) is 182 cm³/mol. The Kier molecular flexibility index (Phi) is 10.8. The number of hydrogen-bond donors (Lipinski definition) is 0. The van der Waals surface area contributed by atoms with Crippen LogP contribution in [0, 0.1) is 0 Å². The van der Waals surface area contributed by atoms with E-state index in [4.69, 9.17) is 13.1 Å². The second-order valence-corrected chi connectivity index (χ2v) is 17.9. The van der Waals surface area contributed by atoms with Gasteiger partial charge in [0.05, 0.1) is 23.3 Å². The van der Waals surface area contributed by atoms with Crippen LogP contribution in [0.15, 0.2) is 111 Å². The summed E-state index contributed by atoms with van der Waals surface area (Å²) in [6.07, 6.45) is -7.28. The molecule has 5 rings (SSSR count). The van der Waals surface area contributed by atoms with Gasteiger partial charge in [-0.2, -0.15) is 47.9 Å². The fourth-order valence-electron chi connectivity index (χ4n) is 4.82. The number of methoxy groups -OCH3 is 2. The molecule has 5 aromatic rings. The third-order valence-corrected chi connectivity index (χ3v) is 15.8. The van der Waals surface area contributed by atoms with Gasteiger partial charge in [0.25, 0.3) is 0 Å². The molecule has 0 spiro atoms. The van der Waals surface area contributed by atoms with Gasteiger partial charge in [-0.1, -0.05) is 24.3 Å². The molecule has 0 aliphatic carbocycles. The SMILES string of the molecule is COc1ccc(S(OS(=O)(=O)C(F)(F)C(F)(F)C(F)(F)C(F)(F)F)(c2ccc(OC)cc2)c2ccc(-c3ccc(-c4ccc(C(C)=O)s4)cc3)s2)cc1. The number of thiophene rings is 2. The van der Waals surface area contributed by atoms with E-state index in [1.165, 1.54) is 68.9 Å². The highest BCUT2D eigenvalue weighted by Crippen LogP contribution is 2.73. The van der Waals surface area contributed by atoms with Gasteiger partial charge >= 0.3 is 33.4 Å². The topological polar surface area (TPSA) is 78.9 Å². The number of halogens is 9. The van der Waals surface area contributed by atoms with Crippen LogP contribution < -0.4 is 9.47 Å². The Morgan fingerprint density at radius 2 is 1.02 bits per heavy atom. The summed E-state index contributed by atoms with van der Waals surface area (Å²) in [5, 5.41) is -7.13. The van der Waals surface area contributed by atoms with Crippen molar-refractivity contribution in [3.05, 3.63) is 102 Å².